The molecule has 92 valence electrons. The zero-order valence-corrected chi connectivity index (χ0v) is 9.34. The minimum Gasteiger partial charge on any atom is -0.481 e. The van der Waals surface area contributed by atoms with Gasteiger partial charge in [0.1, 0.15) is 11.6 Å². The van der Waals surface area contributed by atoms with Crippen LogP contribution in [0.1, 0.15) is 23.6 Å². The summed E-state index contributed by atoms with van der Waals surface area (Å²) in [5.41, 5.74) is 0.876. The highest BCUT2D eigenvalue weighted by Crippen LogP contribution is 2.30. The highest BCUT2D eigenvalue weighted by atomic mass is 19.1. The maximum Gasteiger partial charge on any atom is 0.307 e. The molecule has 0 saturated carbocycles. The smallest absolute Gasteiger partial charge is 0.307 e. The summed E-state index contributed by atoms with van der Waals surface area (Å²) in [5, 5.41) is 11.9. The van der Waals surface area contributed by atoms with Crippen molar-refractivity contribution in [2.75, 3.05) is 6.54 Å². The van der Waals surface area contributed by atoms with Gasteiger partial charge in [-0.1, -0.05) is 0 Å². The maximum atomic E-state index is 13.4. The summed E-state index contributed by atoms with van der Waals surface area (Å²) in [6.45, 7) is 1.90. The van der Waals surface area contributed by atoms with Gasteiger partial charge in [0.15, 0.2) is 0 Å². The molecule has 1 heterocycles. The Labute approximate surface area is 97.5 Å². The lowest BCUT2D eigenvalue weighted by atomic mass is 9.96. The summed E-state index contributed by atoms with van der Waals surface area (Å²) >= 11 is 0. The van der Waals surface area contributed by atoms with Gasteiger partial charge in [-0.3, -0.25) is 4.79 Å². The van der Waals surface area contributed by atoms with E-state index in [1.54, 1.807) is 6.92 Å². The highest BCUT2D eigenvalue weighted by Gasteiger charge is 2.31. The standard InChI is InChI=1S/C12H13F2NO2/c1-6-9(3-8(13)4-10(6)14)11-2-7(5-15-11)12(16)17/h3-4,7,11,15H,2,5H2,1H3,(H,16,17). The molecule has 0 spiro atoms. The van der Waals surface area contributed by atoms with Crippen molar-refractivity contribution in [2.45, 2.75) is 19.4 Å². The van der Waals surface area contributed by atoms with Crippen molar-refractivity contribution in [2.24, 2.45) is 5.92 Å². The Morgan fingerprint density at radius 2 is 2.18 bits per heavy atom. The van der Waals surface area contributed by atoms with Crippen molar-refractivity contribution in [3.63, 3.8) is 0 Å². The average Bonchev–Trinajstić information content (AvgIpc) is 2.72. The van der Waals surface area contributed by atoms with E-state index in [1.807, 2.05) is 0 Å². The Kier molecular flexibility index (Phi) is 3.11. The fraction of sp³-hybridized carbons (Fsp3) is 0.417. The number of carboxylic acid groups (broad SMARTS) is 1. The van der Waals surface area contributed by atoms with Crippen LogP contribution in [-0.4, -0.2) is 17.6 Å². The lowest BCUT2D eigenvalue weighted by Gasteiger charge is -2.14. The predicted octanol–water partition coefficient (Wildman–Crippen LogP) is 2.01. The van der Waals surface area contributed by atoms with E-state index in [4.69, 9.17) is 5.11 Å². The molecule has 5 heteroatoms. The zero-order valence-electron chi connectivity index (χ0n) is 9.34. The molecule has 1 aliphatic rings. The zero-order chi connectivity index (χ0) is 12.6. The van der Waals surface area contributed by atoms with E-state index in [0.717, 1.165) is 6.07 Å². The number of carboxylic acids is 1. The van der Waals surface area contributed by atoms with E-state index >= 15 is 0 Å². The van der Waals surface area contributed by atoms with Gasteiger partial charge in [0.05, 0.1) is 5.92 Å². The van der Waals surface area contributed by atoms with Crippen molar-refractivity contribution in [3.8, 4) is 0 Å². The number of benzene rings is 1. The lowest BCUT2D eigenvalue weighted by molar-refractivity contribution is -0.141. The molecular weight excluding hydrogens is 228 g/mol. The molecule has 1 saturated heterocycles. The van der Waals surface area contributed by atoms with E-state index in [2.05, 4.69) is 5.32 Å². The van der Waals surface area contributed by atoms with Crippen LogP contribution in [0.5, 0.6) is 0 Å². The van der Waals surface area contributed by atoms with Crippen LogP contribution >= 0.6 is 0 Å². The second-order valence-electron chi connectivity index (χ2n) is 4.33. The monoisotopic (exact) mass is 241 g/mol. The van der Waals surface area contributed by atoms with E-state index in [1.165, 1.54) is 6.07 Å². The van der Waals surface area contributed by atoms with Gasteiger partial charge in [0.2, 0.25) is 0 Å². The molecule has 17 heavy (non-hydrogen) atoms. The molecule has 2 unspecified atom stereocenters. The molecule has 1 aromatic carbocycles. The predicted molar refractivity (Wildman–Crippen MR) is 57.6 cm³/mol. The first-order valence-electron chi connectivity index (χ1n) is 5.40. The lowest BCUT2D eigenvalue weighted by Crippen LogP contribution is -2.17. The second kappa shape index (κ2) is 4.41. The number of carbonyl (C=O) groups is 1. The van der Waals surface area contributed by atoms with Crippen LogP contribution in [0.4, 0.5) is 8.78 Å². The van der Waals surface area contributed by atoms with Crippen molar-refractivity contribution in [1.29, 1.82) is 0 Å². The first-order chi connectivity index (χ1) is 7.99. The molecule has 1 fully saturated rings. The normalized spacial score (nSPS) is 23.9. The summed E-state index contributed by atoms with van der Waals surface area (Å²) < 4.78 is 26.5. The van der Waals surface area contributed by atoms with Gasteiger partial charge < -0.3 is 10.4 Å². The van der Waals surface area contributed by atoms with Crippen LogP contribution < -0.4 is 5.32 Å². The molecule has 0 amide bonds. The number of hydrogen-bond acceptors (Lipinski definition) is 2. The SMILES string of the molecule is Cc1c(F)cc(F)cc1C1CC(C(=O)O)CN1. The summed E-state index contributed by atoms with van der Waals surface area (Å²) in [6.07, 6.45) is 0.360. The first-order valence-corrected chi connectivity index (χ1v) is 5.40. The topological polar surface area (TPSA) is 49.3 Å². The largest absolute Gasteiger partial charge is 0.481 e. The average molecular weight is 241 g/mol. The molecular formula is C12H13F2NO2. The third-order valence-electron chi connectivity index (χ3n) is 3.20. The molecule has 2 atom stereocenters. The minimum atomic E-state index is -0.880. The fourth-order valence-corrected chi connectivity index (χ4v) is 2.19. The molecule has 2 N–H and O–H groups in total. The summed E-state index contributed by atoms with van der Waals surface area (Å²) in [7, 11) is 0. The van der Waals surface area contributed by atoms with E-state index in [9.17, 15) is 13.6 Å². The molecule has 1 aliphatic heterocycles. The number of halogens is 2. The third kappa shape index (κ3) is 2.29. The Bertz CT molecular complexity index is 462. The molecule has 1 aromatic rings. The van der Waals surface area contributed by atoms with Crippen LogP contribution in [-0.2, 0) is 4.79 Å². The first kappa shape index (κ1) is 12.0. The third-order valence-corrected chi connectivity index (χ3v) is 3.20. The Hall–Kier alpha value is -1.49. The van der Waals surface area contributed by atoms with Crippen molar-refractivity contribution < 1.29 is 18.7 Å². The second-order valence-corrected chi connectivity index (χ2v) is 4.33. The Morgan fingerprint density at radius 3 is 2.76 bits per heavy atom. The van der Waals surface area contributed by atoms with Gasteiger partial charge in [-0.15, -0.1) is 0 Å². The van der Waals surface area contributed by atoms with Gasteiger partial charge in [-0.2, -0.15) is 0 Å². The minimum absolute atomic E-state index is 0.290. The maximum absolute atomic E-state index is 13.4. The molecule has 0 aliphatic carbocycles. The van der Waals surface area contributed by atoms with Gasteiger partial charge in [-0.05, 0) is 30.5 Å². The van der Waals surface area contributed by atoms with Gasteiger partial charge >= 0.3 is 5.97 Å². The summed E-state index contributed by atoms with van der Waals surface area (Å²) in [4.78, 5) is 10.8. The summed E-state index contributed by atoms with van der Waals surface area (Å²) in [6, 6.07) is 1.81. The molecule has 3 nitrogen and oxygen atoms in total. The molecule has 0 radical (unpaired) electrons. The molecule has 0 bridgehead atoms. The molecule has 0 aromatic heterocycles. The highest BCUT2D eigenvalue weighted by molar-refractivity contribution is 5.70. The Morgan fingerprint density at radius 1 is 1.47 bits per heavy atom. The van der Waals surface area contributed by atoms with Crippen molar-refractivity contribution in [1.82, 2.24) is 5.32 Å². The van der Waals surface area contributed by atoms with E-state index in [-0.39, 0.29) is 6.04 Å². The van der Waals surface area contributed by atoms with Crippen LogP contribution in [0, 0.1) is 24.5 Å². The number of hydrogen-bond donors (Lipinski definition) is 2. The van der Waals surface area contributed by atoms with Crippen LogP contribution in [0.2, 0.25) is 0 Å². The van der Waals surface area contributed by atoms with Crippen molar-refractivity contribution >= 4 is 5.97 Å². The van der Waals surface area contributed by atoms with E-state index < -0.39 is 23.5 Å². The molecule has 2 rings (SSSR count). The van der Waals surface area contributed by atoms with E-state index in [0.29, 0.717) is 24.1 Å². The van der Waals surface area contributed by atoms with Crippen molar-refractivity contribution in [3.05, 3.63) is 34.9 Å². The number of rotatable bonds is 2. The van der Waals surface area contributed by atoms with Crippen LogP contribution in [0.15, 0.2) is 12.1 Å². The van der Waals surface area contributed by atoms with Gasteiger partial charge in [-0.25, -0.2) is 8.78 Å². The quantitative estimate of drug-likeness (QED) is 0.832. The Balaban J connectivity index is 2.27. The van der Waals surface area contributed by atoms with Gasteiger partial charge in [0.25, 0.3) is 0 Å². The van der Waals surface area contributed by atoms with Crippen LogP contribution in [0.3, 0.4) is 0 Å². The number of aliphatic carboxylic acids is 1. The summed E-state index contributed by atoms with van der Waals surface area (Å²) in [5.74, 6) is -2.61. The van der Waals surface area contributed by atoms with Crippen LogP contribution in [0.25, 0.3) is 0 Å². The number of nitrogens with one attached hydrogen (secondary N) is 1. The fourth-order valence-electron chi connectivity index (χ4n) is 2.19. The van der Waals surface area contributed by atoms with Gasteiger partial charge in [0, 0.05) is 18.7 Å².